The highest BCUT2D eigenvalue weighted by molar-refractivity contribution is 7.13. The van der Waals surface area contributed by atoms with E-state index in [2.05, 4.69) is 20.9 Å². The fraction of sp³-hybridized carbons (Fsp3) is 0.545. The summed E-state index contributed by atoms with van der Waals surface area (Å²) in [6.45, 7) is 14.1. The van der Waals surface area contributed by atoms with Gasteiger partial charge in [0, 0.05) is 19.4 Å². The summed E-state index contributed by atoms with van der Waals surface area (Å²) in [5.74, 6) is -2.10. The first-order valence-corrected chi connectivity index (χ1v) is 21.4. The number of nitrogens with two attached hydrogens (primary N) is 1. The third-order valence-electron chi connectivity index (χ3n) is 10.0. The number of halogens is 1. The molecule has 17 heteroatoms. The van der Waals surface area contributed by atoms with Crippen LogP contribution in [0, 0.1) is 18.2 Å². The number of aryl methyl sites for hydroxylation is 2. The number of carbonyl (C=O) groups is 5. The van der Waals surface area contributed by atoms with Crippen LogP contribution in [0.15, 0.2) is 48.0 Å². The quantitative estimate of drug-likeness (QED) is 0.0928. The lowest BCUT2D eigenvalue weighted by atomic mass is 9.85. The van der Waals surface area contributed by atoms with Crippen LogP contribution in [-0.4, -0.2) is 94.5 Å². The molecular formula is C44H61FN6O9S. The van der Waals surface area contributed by atoms with Crippen LogP contribution in [0.3, 0.4) is 0 Å². The van der Waals surface area contributed by atoms with E-state index in [1.54, 1.807) is 70.5 Å². The van der Waals surface area contributed by atoms with Gasteiger partial charge in [-0.3, -0.25) is 14.4 Å². The molecule has 1 fully saturated rings. The van der Waals surface area contributed by atoms with Crippen LogP contribution < -0.4 is 26.4 Å². The van der Waals surface area contributed by atoms with Crippen molar-refractivity contribution in [3.63, 3.8) is 0 Å². The number of likely N-dealkylation sites (tertiary alicyclic amines) is 1. The number of aromatic nitrogens is 1. The molecular weight excluding hydrogens is 808 g/mol. The smallest absolute Gasteiger partial charge is 0.407 e. The van der Waals surface area contributed by atoms with Crippen LogP contribution in [0.1, 0.15) is 103 Å². The molecule has 1 aromatic heterocycles. The van der Waals surface area contributed by atoms with E-state index < -0.39 is 71.0 Å². The number of alkyl carbamates (subject to hydrolysis) is 2. The van der Waals surface area contributed by atoms with Crippen molar-refractivity contribution in [1.29, 1.82) is 0 Å². The van der Waals surface area contributed by atoms with Crippen molar-refractivity contribution in [3.05, 3.63) is 70.6 Å². The van der Waals surface area contributed by atoms with Gasteiger partial charge in [0.25, 0.3) is 0 Å². The summed E-state index contributed by atoms with van der Waals surface area (Å²) in [5.41, 5.74) is 8.77. The summed E-state index contributed by atoms with van der Waals surface area (Å²) in [7, 11) is 0. The number of unbranched alkanes of at least 4 members (excludes halogenated alkanes) is 1. The maximum Gasteiger partial charge on any atom is 0.407 e. The number of β-amino-alcohol motifs (C(OH)–C–C–N with tert-alkyl or cyclic N) is 1. The number of thiazole rings is 1. The third kappa shape index (κ3) is 14.7. The number of aliphatic hydroxyl groups excluding tert-OH is 1. The highest BCUT2D eigenvalue weighted by Crippen LogP contribution is 2.30. The molecule has 334 valence electrons. The van der Waals surface area contributed by atoms with E-state index in [1.165, 1.54) is 11.0 Å². The normalized spacial score (nSPS) is 16.9. The Morgan fingerprint density at radius 1 is 1.00 bits per heavy atom. The van der Waals surface area contributed by atoms with Crippen molar-refractivity contribution in [2.45, 2.75) is 130 Å². The molecule has 6 N–H and O–H groups in total. The molecule has 0 unspecified atom stereocenters. The minimum atomic E-state index is -1.08. The monoisotopic (exact) mass is 868 g/mol. The summed E-state index contributed by atoms with van der Waals surface area (Å²) in [6.07, 6.45) is -1.13. The van der Waals surface area contributed by atoms with E-state index in [9.17, 15) is 29.1 Å². The number of ether oxygens (including phenoxy) is 3. The zero-order chi connectivity index (χ0) is 45.1. The number of benzene rings is 2. The molecule has 0 spiro atoms. The van der Waals surface area contributed by atoms with Gasteiger partial charge < -0.3 is 45.9 Å². The Bertz CT molecular complexity index is 1980. The molecule has 15 nitrogen and oxygen atoms in total. The molecule has 1 aliphatic rings. The SMILES string of the molecule is Cc1ncsc1-c1ccc([C@H](C)NC(=O)[C@@H]2C[C@@H](O)CN2C(=O)[C@@H](NC(=O)OCCCCc2cccc(OC[C@H](CCC(N)=O)NC(=O)OC(C)(C)C)c2F)C(C)(C)C)cc1. The van der Waals surface area contributed by atoms with Gasteiger partial charge in [-0.2, -0.15) is 0 Å². The van der Waals surface area contributed by atoms with Gasteiger partial charge in [-0.05, 0) is 88.5 Å². The third-order valence-corrected chi connectivity index (χ3v) is 11.0. The lowest BCUT2D eigenvalue weighted by Crippen LogP contribution is -2.58. The van der Waals surface area contributed by atoms with Crippen LogP contribution in [-0.2, 0) is 30.3 Å². The summed E-state index contributed by atoms with van der Waals surface area (Å²) in [4.78, 5) is 71.1. The van der Waals surface area contributed by atoms with Crippen molar-refractivity contribution in [1.82, 2.24) is 25.8 Å². The van der Waals surface area contributed by atoms with Crippen LogP contribution >= 0.6 is 11.3 Å². The average Bonchev–Trinajstić information content (AvgIpc) is 3.79. The lowest BCUT2D eigenvalue weighted by Gasteiger charge is -2.35. The van der Waals surface area contributed by atoms with Crippen molar-refractivity contribution >= 4 is 41.2 Å². The zero-order valence-corrected chi connectivity index (χ0v) is 37.2. The van der Waals surface area contributed by atoms with E-state index in [0.29, 0.717) is 24.8 Å². The average molecular weight is 869 g/mol. The Morgan fingerprint density at radius 3 is 2.33 bits per heavy atom. The molecule has 5 atom stereocenters. The number of nitrogens with zero attached hydrogens (tertiary/aromatic N) is 2. The number of amides is 5. The van der Waals surface area contributed by atoms with Gasteiger partial charge >= 0.3 is 12.2 Å². The van der Waals surface area contributed by atoms with Crippen LogP contribution in [0.2, 0.25) is 0 Å². The number of primary amides is 1. The molecule has 2 heterocycles. The Morgan fingerprint density at radius 2 is 1.70 bits per heavy atom. The molecule has 61 heavy (non-hydrogen) atoms. The van der Waals surface area contributed by atoms with Crippen molar-refractivity contribution < 1.29 is 47.7 Å². The van der Waals surface area contributed by atoms with E-state index in [-0.39, 0.29) is 50.8 Å². The number of carbonyl (C=O) groups excluding carboxylic acids is 5. The first kappa shape index (κ1) is 48.4. The summed E-state index contributed by atoms with van der Waals surface area (Å²) >= 11 is 1.56. The first-order valence-electron chi connectivity index (χ1n) is 20.5. The topological polar surface area (TPSA) is 212 Å². The van der Waals surface area contributed by atoms with E-state index >= 15 is 4.39 Å². The Kier molecular flexibility index (Phi) is 17.0. The fourth-order valence-corrected chi connectivity index (χ4v) is 7.61. The molecule has 0 bridgehead atoms. The first-order chi connectivity index (χ1) is 28.6. The molecule has 4 rings (SSSR count). The maximum absolute atomic E-state index is 15.4. The molecule has 0 saturated carbocycles. The Balaban J connectivity index is 1.27. The van der Waals surface area contributed by atoms with Gasteiger partial charge in [0.05, 0.1) is 40.9 Å². The minimum Gasteiger partial charge on any atom is -0.488 e. The predicted octanol–water partition coefficient (Wildman–Crippen LogP) is 6.10. The number of hydrogen-bond donors (Lipinski definition) is 5. The Hall–Kier alpha value is -5.29. The molecule has 3 aromatic rings. The highest BCUT2D eigenvalue weighted by Gasteiger charge is 2.45. The Labute approximate surface area is 361 Å². The standard InChI is InChI=1S/C44H61FN6O9S/c1-26(28-15-17-30(18-16-28)37-27(2)47-25-61-37)48-39(54)33-22-32(52)23-51(33)40(55)38(43(3,4)5)50-41(56)58-21-10-9-12-29-13-11-14-34(36(29)45)59-24-31(19-20-35(46)53)49-42(57)60-44(6,7)8/h11,13-18,25-26,31-33,38,52H,9-10,12,19-24H2,1-8H3,(H2,46,53)(H,48,54)(H,49,57)(H,50,56)/t26-,31-,32+,33-,38+/m0/s1. The van der Waals surface area contributed by atoms with E-state index in [4.69, 9.17) is 19.9 Å². The van der Waals surface area contributed by atoms with Crippen LogP contribution in [0.4, 0.5) is 14.0 Å². The molecule has 2 aromatic carbocycles. The number of nitrogens with one attached hydrogen (secondary N) is 3. The van der Waals surface area contributed by atoms with Crippen molar-refractivity contribution in [2.75, 3.05) is 19.8 Å². The second-order valence-corrected chi connectivity index (χ2v) is 18.3. The number of aliphatic hydroxyl groups is 1. The lowest BCUT2D eigenvalue weighted by molar-refractivity contribution is -0.142. The van der Waals surface area contributed by atoms with E-state index in [0.717, 1.165) is 21.7 Å². The number of rotatable bonds is 18. The number of hydrogen-bond acceptors (Lipinski definition) is 11. The summed E-state index contributed by atoms with van der Waals surface area (Å²) < 4.78 is 31.9. The van der Waals surface area contributed by atoms with Crippen LogP contribution in [0.5, 0.6) is 5.75 Å². The van der Waals surface area contributed by atoms with Gasteiger partial charge in [0.1, 0.15) is 24.3 Å². The van der Waals surface area contributed by atoms with Crippen LogP contribution in [0.25, 0.3) is 10.4 Å². The molecule has 1 saturated heterocycles. The zero-order valence-electron chi connectivity index (χ0n) is 36.3. The van der Waals surface area contributed by atoms with E-state index in [1.807, 2.05) is 38.1 Å². The second kappa shape index (κ2) is 21.5. The molecule has 0 aliphatic carbocycles. The highest BCUT2D eigenvalue weighted by atomic mass is 32.1. The van der Waals surface area contributed by atoms with Gasteiger partial charge in [-0.1, -0.05) is 57.2 Å². The largest absolute Gasteiger partial charge is 0.488 e. The molecule has 0 radical (unpaired) electrons. The van der Waals surface area contributed by atoms with Crippen molar-refractivity contribution in [3.8, 4) is 16.2 Å². The molecule has 1 aliphatic heterocycles. The van der Waals surface area contributed by atoms with Gasteiger partial charge in [-0.15, -0.1) is 11.3 Å². The summed E-state index contributed by atoms with van der Waals surface area (Å²) in [5, 5.41) is 18.9. The second-order valence-electron chi connectivity index (χ2n) is 17.4. The van der Waals surface area contributed by atoms with Gasteiger partial charge in [0.15, 0.2) is 11.6 Å². The van der Waals surface area contributed by atoms with Gasteiger partial charge in [-0.25, -0.2) is 19.0 Å². The minimum absolute atomic E-state index is 0.0112. The van der Waals surface area contributed by atoms with Gasteiger partial charge in [0.2, 0.25) is 17.7 Å². The fourth-order valence-electron chi connectivity index (χ4n) is 6.80. The maximum atomic E-state index is 15.4. The molecule has 5 amide bonds. The predicted molar refractivity (Wildman–Crippen MR) is 229 cm³/mol. The van der Waals surface area contributed by atoms with Crippen molar-refractivity contribution in [2.24, 2.45) is 11.1 Å². The summed E-state index contributed by atoms with van der Waals surface area (Å²) in [6, 6.07) is 9.46.